The lowest BCUT2D eigenvalue weighted by Gasteiger charge is -2.03. The highest BCUT2D eigenvalue weighted by molar-refractivity contribution is 7.09. The van der Waals surface area contributed by atoms with Gasteiger partial charge in [-0.3, -0.25) is 4.79 Å². The SMILES string of the molecule is CCNCCC(=O)NCc1csc(C)n1. The number of rotatable bonds is 6. The zero-order valence-corrected chi connectivity index (χ0v) is 9.99. The summed E-state index contributed by atoms with van der Waals surface area (Å²) in [5, 5.41) is 8.95. The Bertz CT molecular complexity index is 311. The van der Waals surface area contributed by atoms with Crippen LogP contribution in [-0.4, -0.2) is 24.0 Å². The minimum atomic E-state index is 0.0709. The van der Waals surface area contributed by atoms with Gasteiger partial charge < -0.3 is 10.6 Å². The Morgan fingerprint density at radius 2 is 2.40 bits per heavy atom. The van der Waals surface area contributed by atoms with Crippen LogP contribution in [-0.2, 0) is 11.3 Å². The van der Waals surface area contributed by atoms with Gasteiger partial charge >= 0.3 is 0 Å². The van der Waals surface area contributed by atoms with Gasteiger partial charge in [-0.15, -0.1) is 11.3 Å². The molecular formula is C10H17N3OS. The molecule has 0 atom stereocenters. The van der Waals surface area contributed by atoms with Crippen LogP contribution in [0.15, 0.2) is 5.38 Å². The van der Waals surface area contributed by atoms with Crippen molar-refractivity contribution in [2.45, 2.75) is 26.8 Å². The van der Waals surface area contributed by atoms with Crippen LogP contribution in [0.5, 0.6) is 0 Å². The molecule has 1 aromatic rings. The predicted molar refractivity (Wildman–Crippen MR) is 61.9 cm³/mol. The van der Waals surface area contributed by atoms with Gasteiger partial charge in [0, 0.05) is 18.3 Å². The summed E-state index contributed by atoms with van der Waals surface area (Å²) in [5.41, 5.74) is 0.939. The highest BCUT2D eigenvalue weighted by Gasteiger charge is 2.02. The summed E-state index contributed by atoms with van der Waals surface area (Å²) in [6.45, 7) is 6.16. The fourth-order valence-corrected chi connectivity index (χ4v) is 1.76. The summed E-state index contributed by atoms with van der Waals surface area (Å²) in [6, 6.07) is 0. The lowest BCUT2D eigenvalue weighted by molar-refractivity contribution is -0.121. The Morgan fingerprint density at radius 1 is 1.60 bits per heavy atom. The largest absolute Gasteiger partial charge is 0.350 e. The third-order valence-electron chi connectivity index (χ3n) is 1.91. The molecule has 84 valence electrons. The van der Waals surface area contributed by atoms with Crippen molar-refractivity contribution in [3.63, 3.8) is 0 Å². The lowest BCUT2D eigenvalue weighted by atomic mass is 10.3. The monoisotopic (exact) mass is 227 g/mol. The van der Waals surface area contributed by atoms with Crippen molar-refractivity contribution in [1.82, 2.24) is 15.6 Å². The summed E-state index contributed by atoms with van der Waals surface area (Å²) in [6.07, 6.45) is 0.525. The first-order chi connectivity index (χ1) is 7.22. The van der Waals surface area contributed by atoms with Crippen molar-refractivity contribution in [1.29, 1.82) is 0 Å². The highest BCUT2D eigenvalue weighted by Crippen LogP contribution is 2.07. The summed E-state index contributed by atoms with van der Waals surface area (Å²) in [4.78, 5) is 15.6. The molecule has 0 aliphatic rings. The number of carbonyl (C=O) groups is 1. The van der Waals surface area contributed by atoms with Crippen LogP contribution in [0.2, 0.25) is 0 Å². The number of hydrogen-bond acceptors (Lipinski definition) is 4. The summed E-state index contributed by atoms with van der Waals surface area (Å²) in [5.74, 6) is 0.0709. The van der Waals surface area contributed by atoms with Crippen LogP contribution in [0.25, 0.3) is 0 Å². The van der Waals surface area contributed by atoms with Crippen molar-refractivity contribution in [2.24, 2.45) is 0 Å². The number of hydrogen-bond donors (Lipinski definition) is 2. The molecule has 0 bridgehead atoms. The molecule has 4 nitrogen and oxygen atoms in total. The first-order valence-electron chi connectivity index (χ1n) is 5.10. The smallest absolute Gasteiger partial charge is 0.221 e. The van der Waals surface area contributed by atoms with Crippen molar-refractivity contribution in [3.8, 4) is 0 Å². The van der Waals surface area contributed by atoms with Gasteiger partial charge in [0.2, 0.25) is 5.91 Å². The Morgan fingerprint density at radius 3 is 3.00 bits per heavy atom. The molecule has 0 aliphatic heterocycles. The second kappa shape index (κ2) is 6.53. The zero-order chi connectivity index (χ0) is 11.1. The van der Waals surface area contributed by atoms with Crippen molar-refractivity contribution >= 4 is 17.2 Å². The van der Waals surface area contributed by atoms with Gasteiger partial charge in [0.25, 0.3) is 0 Å². The molecule has 0 saturated carbocycles. The average molecular weight is 227 g/mol. The van der Waals surface area contributed by atoms with Crippen molar-refractivity contribution in [2.75, 3.05) is 13.1 Å². The van der Waals surface area contributed by atoms with Crippen LogP contribution in [0.3, 0.4) is 0 Å². The van der Waals surface area contributed by atoms with Crippen LogP contribution < -0.4 is 10.6 Å². The predicted octanol–water partition coefficient (Wildman–Crippen LogP) is 1.07. The van der Waals surface area contributed by atoms with Crippen LogP contribution >= 0.6 is 11.3 Å². The van der Waals surface area contributed by atoms with Gasteiger partial charge in [-0.05, 0) is 13.5 Å². The summed E-state index contributed by atoms with van der Waals surface area (Å²) < 4.78 is 0. The molecule has 1 aromatic heterocycles. The number of thiazole rings is 1. The van der Waals surface area contributed by atoms with E-state index in [-0.39, 0.29) is 5.91 Å². The molecular weight excluding hydrogens is 210 g/mol. The Balaban J connectivity index is 2.16. The number of carbonyl (C=O) groups excluding carboxylic acids is 1. The molecule has 0 radical (unpaired) electrons. The summed E-state index contributed by atoms with van der Waals surface area (Å²) in [7, 11) is 0. The third kappa shape index (κ3) is 4.90. The van der Waals surface area contributed by atoms with E-state index in [1.165, 1.54) is 0 Å². The second-order valence-electron chi connectivity index (χ2n) is 3.24. The highest BCUT2D eigenvalue weighted by atomic mass is 32.1. The number of nitrogens with zero attached hydrogens (tertiary/aromatic N) is 1. The van der Waals surface area contributed by atoms with E-state index in [9.17, 15) is 4.79 Å². The van der Waals surface area contributed by atoms with E-state index in [0.29, 0.717) is 13.0 Å². The first-order valence-corrected chi connectivity index (χ1v) is 5.98. The van der Waals surface area contributed by atoms with Gasteiger partial charge in [-0.1, -0.05) is 6.92 Å². The topological polar surface area (TPSA) is 54.0 Å². The van der Waals surface area contributed by atoms with Crippen molar-refractivity contribution in [3.05, 3.63) is 16.1 Å². The minimum Gasteiger partial charge on any atom is -0.350 e. The van der Waals surface area contributed by atoms with Gasteiger partial charge in [-0.25, -0.2) is 4.98 Å². The molecule has 0 saturated heterocycles. The Hall–Kier alpha value is -0.940. The van der Waals surface area contributed by atoms with Gasteiger partial charge in [-0.2, -0.15) is 0 Å². The molecule has 0 unspecified atom stereocenters. The normalized spacial score (nSPS) is 10.3. The maximum Gasteiger partial charge on any atom is 0.221 e. The minimum absolute atomic E-state index is 0.0709. The Labute approximate surface area is 94.1 Å². The summed E-state index contributed by atoms with van der Waals surface area (Å²) >= 11 is 1.60. The van der Waals surface area contributed by atoms with Gasteiger partial charge in [0.15, 0.2) is 0 Å². The number of aromatic nitrogens is 1. The van der Waals surface area contributed by atoms with E-state index in [1.807, 2.05) is 19.2 Å². The van der Waals surface area contributed by atoms with E-state index in [1.54, 1.807) is 11.3 Å². The second-order valence-corrected chi connectivity index (χ2v) is 4.30. The van der Waals surface area contributed by atoms with Crippen LogP contribution in [0.1, 0.15) is 24.0 Å². The lowest BCUT2D eigenvalue weighted by Crippen LogP contribution is -2.27. The standard InChI is InChI=1S/C10H17N3OS/c1-3-11-5-4-10(14)12-6-9-7-15-8(2)13-9/h7,11H,3-6H2,1-2H3,(H,12,14). The quantitative estimate of drug-likeness (QED) is 0.715. The number of amides is 1. The fraction of sp³-hybridized carbons (Fsp3) is 0.600. The van der Waals surface area contributed by atoms with E-state index in [4.69, 9.17) is 0 Å². The fourth-order valence-electron chi connectivity index (χ4n) is 1.15. The molecule has 1 amide bonds. The van der Waals surface area contributed by atoms with Crippen molar-refractivity contribution < 1.29 is 4.79 Å². The molecule has 0 aliphatic carbocycles. The average Bonchev–Trinajstić information content (AvgIpc) is 2.62. The molecule has 0 spiro atoms. The maximum absolute atomic E-state index is 11.3. The van der Waals surface area contributed by atoms with Crippen LogP contribution in [0, 0.1) is 6.92 Å². The molecule has 5 heteroatoms. The van der Waals surface area contributed by atoms with E-state index in [2.05, 4.69) is 15.6 Å². The first kappa shape index (κ1) is 12.1. The Kier molecular flexibility index (Phi) is 5.28. The van der Waals surface area contributed by atoms with Gasteiger partial charge in [0.05, 0.1) is 17.2 Å². The molecule has 0 fully saturated rings. The van der Waals surface area contributed by atoms with E-state index >= 15 is 0 Å². The maximum atomic E-state index is 11.3. The number of aryl methyl sites for hydroxylation is 1. The molecule has 2 N–H and O–H groups in total. The molecule has 0 aromatic carbocycles. The molecule has 1 heterocycles. The number of nitrogens with one attached hydrogen (secondary N) is 2. The van der Waals surface area contributed by atoms with Gasteiger partial charge in [0.1, 0.15) is 0 Å². The van der Waals surface area contributed by atoms with E-state index < -0.39 is 0 Å². The molecule has 1 rings (SSSR count). The molecule has 15 heavy (non-hydrogen) atoms. The zero-order valence-electron chi connectivity index (χ0n) is 9.17. The van der Waals surface area contributed by atoms with E-state index in [0.717, 1.165) is 23.8 Å². The van der Waals surface area contributed by atoms with Crippen LogP contribution in [0.4, 0.5) is 0 Å². The third-order valence-corrected chi connectivity index (χ3v) is 2.73.